The molecule has 0 aliphatic rings. The van der Waals surface area contributed by atoms with E-state index in [0.717, 1.165) is 0 Å². The molecule has 61 heavy (non-hydrogen) atoms. The highest BCUT2D eigenvalue weighted by atomic mass is 32.2. The quantitative estimate of drug-likeness (QED) is 0.0238. The second kappa shape index (κ2) is 16.8. The van der Waals surface area contributed by atoms with Crippen LogP contribution >= 0.6 is 0 Å². The number of non-ortho nitro benzene ring substituents is 1. The fourth-order valence-corrected chi connectivity index (χ4v) is 6.86. The first kappa shape index (κ1) is 47.7. The van der Waals surface area contributed by atoms with Crippen LogP contribution in [0.1, 0.15) is 10.4 Å². The number of rotatable bonds is 8. The summed E-state index contributed by atoms with van der Waals surface area (Å²) in [5.41, 5.74) is -14.2. The molecule has 27 heteroatoms. The molecule has 0 saturated carbocycles. The Morgan fingerprint density at radius 1 is 0.475 bits per heavy atom. The first-order chi connectivity index (χ1) is 28.0. The van der Waals surface area contributed by atoms with Gasteiger partial charge in [0.05, 0.1) is 14.9 Å². The summed E-state index contributed by atoms with van der Waals surface area (Å²) in [6, 6.07) is 5.44. The van der Waals surface area contributed by atoms with Crippen LogP contribution in [0.2, 0.25) is 0 Å². The topological polar surface area (TPSA) is 77.3 Å². The molecule has 0 amide bonds. The van der Waals surface area contributed by atoms with Crippen molar-refractivity contribution in [3.8, 4) is 0 Å². The fraction of sp³-hybridized carbons (Fsp3) is 0.0882. The Kier molecular flexibility index (Phi) is 13.1. The van der Waals surface area contributed by atoms with Crippen molar-refractivity contribution in [2.75, 3.05) is 18.3 Å². The summed E-state index contributed by atoms with van der Waals surface area (Å²) in [5, 5.41) is 10.5. The van der Waals surface area contributed by atoms with E-state index in [1.807, 2.05) is 0 Å². The van der Waals surface area contributed by atoms with Crippen LogP contribution < -0.4 is 21.9 Å². The van der Waals surface area contributed by atoms with Gasteiger partial charge in [-0.1, -0.05) is 12.1 Å². The summed E-state index contributed by atoms with van der Waals surface area (Å²) in [7, 11) is -2.17. The molecule has 5 nitrogen and oxygen atoms in total. The Labute approximate surface area is 325 Å². The predicted octanol–water partition coefficient (Wildman–Crippen LogP) is 7.38. The van der Waals surface area contributed by atoms with Crippen LogP contribution in [-0.2, 0) is 14.1 Å². The minimum Gasteiger partial charge on any atom is -0.289 e. The zero-order valence-electron chi connectivity index (χ0n) is 29.1. The lowest BCUT2D eigenvalue weighted by atomic mass is 9.12. The van der Waals surface area contributed by atoms with E-state index in [2.05, 4.69) is 0 Å². The number of Topliss-reactive ketones (excluding diaryl/α,β-unsaturated/α-hetero) is 1. The van der Waals surface area contributed by atoms with E-state index in [4.69, 9.17) is 0 Å². The van der Waals surface area contributed by atoms with Crippen LogP contribution in [0.25, 0.3) is 0 Å². The standard InChI is InChI=1S/C24BF20.C10H12NO4S/c26-5-1(6(27)14(35)21(42)13(5)34)25(2-7(28)15(36)22(43)16(37)8(2)29,3-9(30)17(38)23(44)18(39)10(3)31)4-11(32)19(40)24(45)20(41)12(4)33;1-16(2,15)7-10(12)8-4-3-5-9(6-8)11(13)14/h;3-6H,7H2,1-2H3/q-1;+1. The van der Waals surface area contributed by atoms with Crippen LogP contribution in [0, 0.1) is 126 Å². The van der Waals surface area contributed by atoms with Crippen molar-refractivity contribution in [1.82, 2.24) is 0 Å². The summed E-state index contributed by atoms with van der Waals surface area (Å²) in [4.78, 5) is 21.6. The minimum absolute atomic E-state index is 0.0891. The zero-order chi connectivity index (χ0) is 46.7. The lowest BCUT2D eigenvalue weighted by Gasteiger charge is -2.44. The Balaban J connectivity index is 0.000000430. The summed E-state index contributed by atoms with van der Waals surface area (Å²) >= 11 is 0. The third-order valence-corrected chi connectivity index (χ3v) is 9.52. The molecule has 0 radical (unpaired) electrons. The molecule has 0 N–H and O–H groups in total. The molecule has 326 valence electrons. The van der Waals surface area contributed by atoms with Gasteiger partial charge in [-0.25, -0.2) is 87.8 Å². The number of hydrogen-bond donors (Lipinski definition) is 0. The molecule has 0 heterocycles. The zero-order valence-corrected chi connectivity index (χ0v) is 30.0. The van der Waals surface area contributed by atoms with Gasteiger partial charge in [-0.3, -0.25) is 14.9 Å². The van der Waals surface area contributed by atoms with Gasteiger partial charge in [0.1, 0.15) is 65.2 Å². The van der Waals surface area contributed by atoms with Crippen LogP contribution in [0.3, 0.4) is 0 Å². The van der Waals surface area contributed by atoms with Gasteiger partial charge in [-0.05, 0) is 0 Å². The first-order valence-electron chi connectivity index (χ1n) is 15.4. The number of nitro groups is 1. The SMILES string of the molecule is C[S+](C)(=O)CC(=O)c1cccc([N+](=O)[O-])c1.Fc1c(F)c(F)c([B-](c2c(F)c(F)c(F)c(F)c2F)(c2c(F)c(F)c(F)c(F)c2F)c2c(F)c(F)c(F)c(F)c2F)c(F)c1F. The van der Waals surface area contributed by atoms with Gasteiger partial charge >= 0.3 is 0 Å². The van der Waals surface area contributed by atoms with Crippen molar-refractivity contribution in [2.24, 2.45) is 0 Å². The summed E-state index contributed by atoms with van der Waals surface area (Å²) in [6.45, 7) is 0. The molecular weight excluding hydrogens is 909 g/mol. The molecule has 0 aliphatic carbocycles. The van der Waals surface area contributed by atoms with E-state index in [1.54, 1.807) is 0 Å². The van der Waals surface area contributed by atoms with Crippen LogP contribution in [0.15, 0.2) is 24.3 Å². The number of benzene rings is 5. The maximum Gasteiger partial charge on any atom is 0.270 e. The van der Waals surface area contributed by atoms with E-state index in [9.17, 15) is 71.8 Å². The number of hydrogen-bond acceptors (Lipinski definition) is 4. The van der Waals surface area contributed by atoms with Crippen LogP contribution in [-0.4, -0.2) is 35.1 Å². The third kappa shape index (κ3) is 7.77. The highest BCUT2D eigenvalue weighted by Crippen LogP contribution is 2.31. The average molecular weight is 921 g/mol. The van der Waals surface area contributed by atoms with Crippen LogP contribution in [0.5, 0.6) is 0 Å². The molecule has 0 atom stereocenters. The molecule has 5 aromatic rings. The number of carbonyl (C=O) groups is 1. The Morgan fingerprint density at radius 3 is 0.918 bits per heavy atom. The maximum absolute atomic E-state index is 15.4. The number of ketones is 1. The second-order valence-corrected chi connectivity index (χ2v) is 15.8. The molecule has 0 bridgehead atoms. The van der Waals surface area contributed by atoms with Crippen molar-refractivity contribution < 1.29 is 102 Å². The summed E-state index contributed by atoms with van der Waals surface area (Å²) < 4.78 is 305. The van der Waals surface area contributed by atoms with Gasteiger partial charge in [0.2, 0.25) is 5.78 Å². The van der Waals surface area contributed by atoms with Crippen molar-refractivity contribution in [3.63, 3.8) is 0 Å². The predicted molar refractivity (Wildman–Crippen MR) is 171 cm³/mol. The second-order valence-electron chi connectivity index (χ2n) is 12.6. The molecule has 0 aromatic heterocycles. The molecule has 5 rings (SSSR count). The van der Waals surface area contributed by atoms with E-state index in [0.29, 0.717) is 0 Å². The van der Waals surface area contributed by atoms with Crippen molar-refractivity contribution in [3.05, 3.63) is 156 Å². The number of carbonyl (C=O) groups excluding carboxylic acids is 1. The minimum atomic E-state index is -7.22. The Morgan fingerprint density at radius 2 is 0.705 bits per heavy atom. The van der Waals surface area contributed by atoms with Gasteiger partial charge in [0.15, 0.2) is 75.6 Å². The smallest absolute Gasteiger partial charge is 0.270 e. The van der Waals surface area contributed by atoms with Crippen molar-refractivity contribution >= 4 is 49.4 Å². The Hall–Kier alpha value is -6.02. The van der Waals surface area contributed by atoms with Crippen molar-refractivity contribution in [2.45, 2.75) is 0 Å². The van der Waals surface area contributed by atoms with Gasteiger partial charge in [-0.15, -0.1) is 26.1 Å². The number of halogens is 20. The molecule has 0 aliphatic heterocycles. The lowest BCUT2D eigenvalue weighted by molar-refractivity contribution is -0.384. The Bertz CT molecular complexity index is 2360. The highest BCUT2D eigenvalue weighted by Gasteiger charge is 2.52. The first-order valence-corrected chi connectivity index (χ1v) is 18.0. The summed E-state index contributed by atoms with van der Waals surface area (Å²) in [6.07, 6.45) is -4.24. The number of nitro benzene ring substituents is 1. The van der Waals surface area contributed by atoms with E-state index >= 15 is 35.1 Å². The monoisotopic (exact) mass is 921 g/mol. The third-order valence-electron chi connectivity index (χ3n) is 8.56. The largest absolute Gasteiger partial charge is 0.289 e. The maximum atomic E-state index is 15.4. The van der Waals surface area contributed by atoms with E-state index in [1.165, 1.54) is 36.8 Å². The van der Waals surface area contributed by atoms with Gasteiger partial charge in [-0.2, -0.15) is 0 Å². The van der Waals surface area contributed by atoms with E-state index < -0.39 is 159 Å². The molecule has 0 spiro atoms. The lowest BCUT2D eigenvalue weighted by Crippen LogP contribution is -2.81. The van der Waals surface area contributed by atoms with E-state index in [-0.39, 0.29) is 22.8 Å². The highest BCUT2D eigenvalue weighted by molar-refractivity contribution is 8.02. The summed E-state index contributed by atoms with van der Waals surface area (Å²) in [5.74, 6) is -71.8. The molecular formula is C34H12BF20NO4S. The fourth-order valence-electron chi connectivity index (χ4n) is 6.07. The molecule has 5 aromatic carbocycles. The molecule has 0 unspecified atom stereocenters. The average Bonchev–Trinajstić information content (AvgIpc) is 3.20. The molecule has 0 saturated heterocycles. The normalized spacial score (nSPS) is 11.8. The van der Waals surface area contributed by atoms with Crippen LogP contribution in [0.4, 0.5) is 93.5 Å². The van der Waals surface area contributed by atoms with Gasteiger partial charge in [0, 0.05) is 17.7 Å². The van der Waals surface area contributed by atoms with Gasteiger partial charge in [0.25, 0.3) is 5.69 Å². The molecule has 0 fully saturated rings. The number of nitrogens with zero attached hydrogens (tertiary/aromatic N) is 1. The van der Waals surface area contributed by atoms with Crippen molar-refractivity contribution in [1.29, 1.82) is 0 Å². The van der Waals surface area contributed by atoms with Gasteiger partial charge < -0.3 is 0 Å².